The summed E-state index contributed by atoms with van der Waals surface area (Å²) in [7, 11) is 0. The molecule has 4 unspecified atom stereocenters. The number of thioether (sulfide) groups is 1. The molecule has 0 amide bonds. The fourth-order valence-electron chi connectivity index (χ4n) is 18.4. The Morgan fingerprint density at radius 2 is 0.533 bits per heavy atom. The number of allylic oxidation sites excluding steroid dienone is 7. The van der Waals surface area contributed by atoms with Gasteiger partial charge in [-0.15, -0.1) is 11.8 Å². The van der Waals surface area contributed by atoms with Crippen molar-refractivity contribution < 1.29 is 0 Å². The van der Waals surface area contributed by atoms with E-state index in [9.17, 15) is 0 Å². The molecule has 0 saturated carbocycles. The molecule has 2 aromatic heterocycles. The van der Waals surface area contributed by atoms with Crippen LogP contribution in [0.4, 0.5) is 0 Å². The van der Waals surface area contributed by atoms with Crippen LogP contribution in [0.2, 0.25) is 0 Å². The maximum absolute atomic E-state index is 5.26. The SMILES string of the molecule is C1=CC2Sc3c(-c4ccc(-c5nc(-c6ccc(-c7ccc(-c8ccccc8)cc7)cc6)cc(-c6ccc(-c7cccc8ccccc78)cc6)n5)cc4)cccc3C2C=C1.CC1(C)c2c(-c3ccc(-c4nc(-c5ccc(-c6ccc(-c7ccccc7)cc6)cc5)cc(-c5ccc(-c6cccc7ccccc67)cc5)n4)cc3)cccc2C2C=CC=CC21. The van der Waals surface area contributed by atoms with Gasteiger partial charge in [-0.25, -0.2) is 19.9 Å². The molecule has 3 aliphatic carbocycles. The lowest BCUT2D eigenvalue weighted by Gasteiger charge is -2.30. The van der Waals surface area contributed by atoms with Crippen LogP contribution < -0.4 is 0 Å². The van der Waals surface area contributed by atoms with Crippen molar-refractivity contribution in [2.45, 2.75) is 41.2 Å². The normalized spacial score (nSPS) is 15.7. The second-order valence-electron chi connectivity index (χ2n) is 32.2. The van der Waals surface area contributed by atoms with Gasteiger partial charge < -0.3 is 0 Å². The van der Waals surface area contributed by atoms with Gasteiger partial charge in [0, 0.05) is 55.4 Å². The molecule has 4 aliphatic rings. The van der Waals surface area contributed by atoms with Crippen LogP contribution in [0.5, 0.6) is 0 Å². The van der Waals surface area contributed by atoms with Gasteiger partial charge in [0.25, 0.3) is 0 Å². The predicted molar refractivity (Wildman–Crippen MR) is 503 cm³/mol. The van der Waals surface area contributed by atoms with Crippen LogP contribution >= 0.6 is 11.8 Å². The Morgan fingerprint density at radius 1 is 0.233 bits per heavy atom. The molecule has 0 fully saturated rings. The molecule has 18 aromatic rings. The zero-order valence-corrected chi connectivity index (χ0v) is 67.4. The molecule has 4 nitrogen and oxygen atoms in total. The van der Waals surface area contributed by atoms with Gasteiger partial charge in [-0.1, -0.05) is 439 Å². The molecular weight excluding hydrogens is 1470 g/mol. The van der Waals surface area contributed by atoms with Crippen LogP contribution in [0.25, 0.3) is 178 Å². The predicted octanol–water partition coefficient (Wildman–Crippen LogP) is 30.4. The number of nitrogens with zero attached hydrogens (tertiary/aromatic N) is 4. The zero-order valence-electron chi connectivity index (χ0n) is 66.6. The highest BCUT2D eigenvalue weighted by atomic mass is 32.2. The Bertz CT molecular complexity index is 7000. The van der Waals surface area contributed by atoms with Crippen LogP contribution in [0.15, 0.2) is 442 Å². The van der Waals surface area contributed by atoms with Gasteiger partial charge in [-0.3, -0.25) is 0 Å². The number of hydrogen-bond acceptors (Lipinski definition) is 5. The standard InChI is InChI=1S/C59H44N2.C56H38N2S/c1-59(2)54-21-9-8-17-52(54)53-20-11-19-51(57(53)59)45-30-36-48(37-31-45)58-60-55(46-32-26-42(27-33-46)41-24-22-40(23-25-41)39-12-4-3-5-13-39)38-56(61-58)47-34-28-44(29-35-47)50-18-10-15-43-14-6-7-16-49(43)50;1-2-10-37(11-3-1)38-20-22-39(23-21-38)40-24-30-44(31-25-40)52-36-53(45-32-26-42(27-33-45)48-16-8-13-41-12-4-5-14-47(41)48)58-56(57-52)46-34-28-43(29-35-46)49-17-9-18-51-50-15-6-7-19-54(50)59-55(49)51/h3-38,52,54H,1-2H3;1-36,50,54H. The summed E-state index contributed by atoms with van der Waals surface area (Å²) in [6.07, 6.45) is 18.2. The Labute approximate surface area is 705 Å². The van der Waals surface area contributed by atoms with Crippen molar-refractivity contribution >= 4 is 33.3 Å². The molecule has 1 aliphatic heterocycles. The largest absolute Gasteiger partial charge is 0.228 e. The molecule has 120 heavy (non-hydrogen) atoms. The number of rotatable bonds is 14. The van der Waals surface area contributed by atoms with Crippen molar-refractivity contribution in [1.29, 1.82) is 0 Å². The Hall–Kier alpha value is -14.5. The Balaban J connectivity index is 0.000000149. The minimum absolute atomic E-state index is 0.0210. The van der Waals surface area contributed by atoms with Crippen molar-refractivity contribution in [2.75, 3.05) is 0 Å². The molecule has 5 heteroatoms. The first kappa shape index (κ1) is 73.2. The van der Waals surface area contributed by atoms with Crippen molar-refractivity contribution in [3.63, 3.8) is 0 Å². The summed E-state index contributed by atoms with van der Waals surface area (Å²) in [5.74, 6) is 2.72. The summed E-state index contributed by atoms with van der Waals surface area (Å²) in [4.78, 5) is 22.3. The molecule has 568 valence electrons. The summed E-state index contributed by atoms with van der Waals surface area (Å²) in [5.41, 5.74) is 33.4. The van der Waals surface area contributed by atoms with Gasteiger partial charge in [-0.2, -0.15) is 0 Å². The van der Waals surface area contributed by atoms with Crippen LogP contribution in [-0.4, -0.2) is 25.2 Å². The highest BCUT2D eigenvalue weighted by Crippen LogP contribution is 2.56. The van der Waals surface area contributed by atoms with E-state index in [0.29, 0.717) is 34.7 Å². The van der Waals surface area contributed by atoms with E-state index in [1.54, 1.807) is 0 Å². The Kier molecular flexibility index (Phi) is 19.2. The number of hydrogen-bond donors (Lipinski definition) is 0. The first-order valence-corrected chi connectivity index (χ1v) is 42.4. The molecule has 16 aromatic carbocycles. The molecule has 0 spiro atoms. The summed E-state index contributed by atoms with van der Waals surface area (Å²) in [6, 6.07) is 139. The maximum Gasteiger partial charge on any atom is 0.160 e. The van der Waals surface area contributed by atoms with Crippen molar-refractivity contribution in [1.82, 2.24) is 19.9 Å². The molecule has 0 saturated heterocycles. The Morgan fingerprint density at radius 3 is 0.967 bits per heavy atom. The first-order chi connectivity index (χ1) is 59.2. The number of fused-ring (bicyclic) bond motifs is 8. The van der Waals surface area contributed by atoms with Gasteiger partial charge in [0.15, 0.2) is 11.6 Å². The summed E-state index contributed by atoms with van der Waals surface area (Å²) in [6.45, 7) is 4.81. The van der Waals surface area contributed by atoms with Crippen LogP contribution in [0.1, 0.15) is 42.4 Å². The second-order valence-corrected chi connectivity index (χ2v) is 33.4. The van der Waals surface area contributed by atoms with Crippen molar-refractivity contribution in [3.05, 3.63) is 454 Å². The van der Waals surface area contributed by atoms with Crippen molar-refractivity contribution in [3.8, 4) is 157 Å². The lowest BCUT2D eigenvalue weighted by molar-refractivity contribution is 0.395. The molecule has 3 heterocycles. The molecular formula is C115H82N4S. The second kappa shape index (κ2) is 31.5. The van der Waals surface area contributed by atoms with Gasteiger partial charge in [0.1, 0.15) is 0 Å². The minimum atomic E-state index is 0.0210. The fraction of sp³-hybridized carbons (Fsp3) is 0.0609. The average Bonchev–Trinajstić information content (AvgIpc) is 1.57. The molecule has 0 radical (unpaired) electrons. The monoisotopic (exact) mass is 1550 g/mol. The lowest BCUT2D eigenvalue weighted by Crippen LogP contribution is -2.25. The van der Waals surface area contributed by atoms with E-state index in [0.717, 1.165) is 56.2 Å². The lowest BCUT2D eigenvalue weighted by atomic mass is 9.73. The van der Waals surface area contributed by atoms with E-state index in [1.807, 2.05) is 11.8 Å². The fourth-order valence-corrected chi connectivity index (χ4v) is 19.9. The minimum Gasteiger partial charge on any atom is -0.228 e. The number of benzene rings is 16. The molecule has 4 atom stereocenters. The van der Waals surface area contributed by atoms with Crippen LogP contribution in [0.3, 0.4) is 0 Å². The van der Waals surface area contributed by atoms with E-state index < -0.39 is 0 Å². The van der Waals surface area contributed by atoms with Gasteiger partial charge in [0.05, 0.1) is 22.8 Å². The average molecular weight is 1550 g/mol. The highest BCUT2D eigenvalue weighted by molar-refractivity contribution is 8.00. The smallest absolute Gasteiger partial charge is 0.160 e. The number of aromatic nitrogens is 4. The van der Waals surface area contributed by atoms with E-state index in [1.165, 1.54) is 132 Å². The van der Waals surface area contributed by atoms with E-state index in [2.05, 4.69) is 451 Å². The van der Waals surface area contributed by atoms with E-state index >= 15 is 0 Å². The third-order valence-corrected chi connectivity index (χ3v) is 26.2. The van der Waals surface area contributed by atoms with E-state index in [-0.39, 0.29) is 5.41 Å². The molecule has 22 rings (SSSR count). The van der Waals surface area contributed by atoms with Crippen LogP contribution in [-0.2, 0) is 5.41 Å². The first-order valence-electron chi connectivity index (χ1n) is 41.5. The summed E-state index contributed by atoms with van der Waals surface area (Å²) in [5, 5.41) is 5.44. The maximum atomic E-state index is 5.26. The van der Waals surface area contributed by atoms with Gasteiger partial charge >= 0.3 is 0 Å². The van der Waals surface area contributed by atoms with E-state index in [4.69, 9.17) is 19.9 Å². The van der Waals surface area contributed by atoms with Crippen molar-refractivity contribution in [2.24, 2.45) is 5.92 Å². The topological polar surface area (TPSA) is 51.6 Å². The third-order valence-electron chi connectivity index (χ3n) is 24.7. The molecule has 0 N–H and O–H groups in total. The molecule has 0 bridgehead atoms. The zero-order chi connectivity index (χ0) is 80.0. The van der Waals surface area contributed by atoms with Gasteiger partial charge in [0.2, 0.25) is 0 Å². The van der Waals surface area contributed by atoms with Gasteiger partial charge in [-0.05, 0) is 151 Å². The summed E-state index contributed by atoms with van der Waals surface area (Å²) >= 11 is 1.98. The highest BCUT2D eigenvalue weighted by Gasteiger charge is 2.46. The third kappa shape index (κ3) is 14.1. The quantitative estimate of drug-likeness (QED) is 0.109. The summed E-state index contributed by atoms with van der Waals surface area (Å²) < 4.78 is 0. The van der Waals surface area contributed by atoms with Crippen LogP contribution in [0, 0.1) is 5.92 Å².